The molecular weight excluding hydrogens is 264 g/mol. The van der Waals surface area contributed by atoms with Crippen LogP contribution in [0.5, 0.6) is 0 Å². The first-order valence-electron chi connectivity index (χ1n) is 6.67. The molecule has 0 saturated carbocycles. The third kappa shape index (κ3) is 2.47. The van der Waals surface area contributed by atoms with Crippen molar-refractivity contribution in [3.8, 4) is 11.4 Å². The molecule has 0 radical (unpaired) electrons. The van der Waals surface area contributed by atoms with E-state index in [9.17, 15) is 0 Å². The monoisotopic (exact) mass is 280 g/mol. The summed E-state index contributed by atoms with van der Waals surface area (Å²) in [5.41, 5.74) is 4.02. The molecule has 6 nitrogen and oxygen atoms in total. The minimum absolute atomic E-state index is 0.714. The van der Waals surface area contributed by atoms with Gasteiger partial charge in [0.15, 0.2) is 5.82 Å². The SMILES string of the molecule is Cc1nn(C)c(C)c1/C=N\n1cnnc1-c1ccccc1. The van der Waals surface area contributed by atoms with E-state index in [0.717, 1.165) is 22.5 Å². The average Bonchev–Trinajstić information content (AvgIpc) is 3.04. The number of aryl methyl sites for hydroxylation is 2. The van der Waals surface area contributed by atoms with Crippen LogP contribution in [0.15, 0.2) is 41.8 Å². The number of aromatic nitrogens is 5. The first kappa shape index (κ1) is 13.2. The van der Waals surface area contributed by atoms with Crippen LogP contribution >= 0.6 is 0 Å². The van der Waals surface area contributed by atoms with Gasteiger partial charge in [0.2, 0.25) is 0 Å². The first-order valence-corrected chi connectivity index (χ1v) is 6.67. The summed E-state index contributed by atoms with van der Waals surface area (Å²) in [4.78, 5) is 0. The van der Waals surface area contributed by atoms with Crippen molar-refractivity contribution in [3.63, 3.8) is 0 Å². The van der Waals surface area contributed by atoms with E-state index < -0.39 is 0 Å². The molecule has 21 heavy (non-hydrogen) atoms. The van der Waals surface area contributed by atoms with Crippen LogP contribution in [0.25, 0.3) is 11.4 Å². The molecule has 0 aliphatic carbocycles. The Morgan fingerprint density at radius 3 is 2.57 bits per heavy atom. The first-order chi connectivity index (χ1) is 10.2. The summed E-state index contributed by atoms with van der Waals surface area (Å²) in [5.74, 6) is 0.714. The molecular formula is C15H16N6. The molecule has 0 N–H and O–H groups in total. The largest absolute Gasteiger partial charge is 0.272 e. The molecule has 0 spiro atoms. The van der Waals surface area contributed by atoms with Gasteiger partial charge in [0.05, 0.1) is 11.9 Å². The van der Waals surface area contributed by atoms with Gasteiger partial charge >= 0.3 is 0 Å². The molecule has 2 aromatic heterocycles. The Bertz CT molecular complexity index is 782. The van der Waals surface area contributed by atoms with Crippen molar-refractivity contribution in [2.75, 3.05) is 0 Å². The van der Waals surface area contributed by atoms with Crippen LogP contribution in [0.2, 0.25) is 0 Å². The van der Waals surface area contributed by atoms with Gasteiger partial charge in [-0.3, -0.25) is 4.68 Å². The fraction of sp³-hybridized carbons (Fsp3) is 0.200. The van der Waals surface area contributed by atoms with Crippen LogP contribution in [0, 0.1) is 13.8 Å². The number of benzene rings is 1. The van der Waals surface area contributed by atoms with E-state index in [4.69, 9.17) is 0 Å². The van der Waals surface area contributed by atoms with E-state index in [1.165, 1.54) is 0 Å². The zero-order chi connectivity index (χ0) is 14.8. The number of nitrogens with zero attached hydrogens (tertiary/aromatic N) is 6. The van der Waals surface area contributed by atoms with Gasteiger partial charge in [0.25, 0.3) is 0 Å². The molecule has 3 aromatic rings. The Morgan fingerprint density at radius 1 is 1.14 bits per heavy atom. The van der Waals surface area contributed by atoms with Crippen LogP contribution < -0.4 is 0 Å². The van der Waals surface area contributed by atoms with Gasteiger partial charge in [-0.2, -0.15) is 14.9 Å². The fourth-order valence-corrected chi connectivity index (χ4v) is 2.19. The maximum absolute atomic E-state index is 4.46. The Labute approximate surface area is 122 Å². The Kier molecular flexibility index (Phi) is 3.35. The smallest absolute Gasteiger partial charge is 0.184 e. The van der Waals surface area contributed by atoms with Gasteiger partial charge in [0, 0.05) is 23.9 Å². The van der Waals surface area contributed by atoms with Gasteiger partial charge < -0.3 is 0 Å². The highest BCUT2D eigenvalue weighted by Crippen LogP contribution is 2.16. The number of hydrogen-bond acceptors (Lipinski definition) is 4. The summed E-state index contributed by atoms with van der Waals surface area (Å²) in [5, 5.41) is 16.9. The van der Waals surface area contributed by atoms with E-state index in [1.807, 2.05) is 55.9 Å². The highest BCUT2D eigenvalue weighted by molar-refractivity contribution is 5.82. The van der Waals surface area contributed by atoms with Crippen molar-refractivity contribution in [1.82, 2.24) is 24.7 Å². The van der Waals surface area contributed by atoms with Crippen molar-refractivity contribution in [3.05, 3.63) is 53.6 Å². The number of rotatable bonds is 3. The average molecular weight is 280 g/mol. The van der Waals surface area contributed by atoms with E-state index in [-0.39, 0.29) is 0 Å². The van der Waals surface area contributed by atoms with Crippen LogP contribution in [-0.2, 0) is 7.05 Å². The lowest BCUT2D eigenvalue weighted by atomic mass is 10.2. The molecule has 106 valence electrons. The standard InChI is InChI=1S/C15H16N6/c1-11-14(12(2)20(3)19-11)9-17-21-10-16-18-15(21)13-7-5-4-6-8-13/h4-10H,1-3H3/b17-9-. The number of hydrogen-bond donors (Lipinski definition) is 0. The third-order valence-corrected chi connectivity index (χ3v) is 3.44. The molecule has 1 aromatic carbocycles. The summed E-state index contributed by atoms with van der Waals surface area (Å²) in [6, 6.07) is 9.87. The van der Waals surface area contributed by atoms with Gasteiger partial charge in [-0.1, -0.05) is 30.3 Å². The molecule has 0 unspecified atom stereocenters. The molecule has 0 saturated heterocycles. The van der Waals surface area contributed by atoms with Crippen molar-refractivity contribution < 1.29 is 0 Å². The summed E-state index contributed by atoms with van der Waals surface area (Å²) >= 11 is 0. The van der Waals surface area contributed by atoms with Crippen LogP contribution in [0.1, 0.15) is 17.0 Å². The third-order valence-electron chi connectivity index (χ3n) is 3.44. The molecule has 0 fully saturated rings. The predicted molar refractivity (Wildman–Crippen MR) is 81.1 cm³/mol. The molecule has 6 heteroatoms. The second kappa shape index (κ2) is 5.32. The molecule has 0 aliphatic rings. The highest BCUT2D eigenvalue weighted by atomic mass is 15.4. The second-order valence-electron chi connectivity index (χ2n) is 4.82. The van der Waals surface area contributed by atoms with Crippen molar-refractivity contribution in [1.29, 1.82) is 0 Å². The minimum atomic E-state index is 0.714. The van der Waals surface area contributed by atoms with E-state index in [2.05, 4.69) is 20.4 Å². The van der Waals surface area contributed by atoms with Crippen LogP contribution in [0.4, 0.5) is 0 Å². The summed E-state index contributed by atoms with van der Waals surface area (Å²) in [6.45, 7) is 3.99. The molecule has 0 bridgehead atoms. The lowest BCUT2D eigenvalue weighted by Gasteiger charge is -2.00. The highest BCUT2D eigenvalue weighted by Gasteiger charge is 2.08. The zero-order valence-corrected chi connectivity index (χ0v) is 12.2. The van der Waals surface area contributed by atoms with Crippen molar-refractivity contribution in [2.45, 2.75) is 13.8 Å². The summed E-state index contributed by atoms with van der Waals surface area (Å²) < 4.78 is 3.52. The zero-order valence-electron chi connectivity index (χ0n) is 12.2. The lowest BCUT2D eigenvalue weighted by molar-refractivity contribution is 0.731. The predicted octanol–water partition coefficient (Wildman–Crippen LogP) is 2.18. The molecule has 3 rings (SSSR count). The van der Waals surface area contributed by atoms with E-state index >= 15 is 0 Å². The molecule has 0 aliphatic heterocycles. The Hall–Kier alpha value is -2.76. The molecule has 2 heterocycles. The minimum Gasteiger partial charge on any atom is -0.272 e. The quantitative estimate of drug-likeness (QED) is 0.691. The maximum Gasteiger partial charge on any atom is 0.184 e. The topological polar surface area (TPSA) is 60.9 Å². The fourth-order valence-electron chi connectivity index (χ4n) is 2.19. The van der Waals surface area contributed by atoms with E-state index in [1.54, 1.807) is 17.2 Å². The van der Waals surface area contributed by atoms with Crippen molar-refractivity contribution >= 4 is 6.21 Å². The normalized spacial score (nSPS) is 11.4. The van der Waals surface area contributed by atoms with Gasteiger partial charge in [-0.05, 0) is 13.8 Å². The summed E-state index contributed by atoms with van der Waals surface area (Å²) in [6.07, 6.45) is 3.40. The second-order valence-corrected chi connectivity index (χ2v) is 4.82. The van der Waals surface area contributed by atoms with Gasteiger partial charge in [0.1, 0.15) is 6.33 Å². The van der Waals surface area contributed by atoms with Gasteiger partial charge in [-0.25, -0.2) is 0 Å². The van der Waals surface area contributed by atoms with Crippen LogP contribution in [-0.4, -0.2) is 30.9 Å². The Balaban J connectivity index is 1.96. The molecule has 0 atom stereocenters. The van der Waals surface area contributed by atoms with E-state index in [0.29, 0.717) is 5.82 Å². The summed E-state index contributed by atoms with van der Waals surface area (Å²) in [7, 11) is 1.92. The maximum atomic E-state index is 4.46. The van der Waals surface area contributed by atoms with Gasteiger partial charge in [-0.15, -0.1) is 10.2 Å². The Morgan fingerprint density at radius 2 is 1.90 bits per heavy atom. The van der Waals surface area contributed by atoms with Crippen molar-refractivity contribution in [2.24, 2.45) is 12.1 Å². The molecule has 0 amide bonds. The van der Waals surface area contributed by atoms with Crippen LogP contribution in [0.3, 0.4) is 0 Å². The lowest BCUT2D eigenvalue weighted by Crippen LogP contribution is -1.96.